The summed E-state index contributed by atoms with van der Waals surface area (Å²) < 4.78 is 33.3. The van der Waals surface area contributed by atoms with Crippen LogP contribution in [0, 0.1) is 11.6 Å². The highest BCUT2D eigenvalue weighted by atomic mass is 19.1. The Morgan fingerprint density at radius 2 is 1.03 bits per heavy atom. The minimum atomic E-state index is -0.203. The predicted octanol–water partition coefficient (Wildman–Crippen LogP) is 6.78. The molecule has 7 heteroatoms. The predicted molar refractivity (Wildman–Crippen MR) is 141 cm³/mol. The Balaban J connectivity index is 1.35. The van der Waals surface area contributed by atoms with Gasteiger partial charge in [-0.15, -0.1) is 0 Å². The van der Waals surface area contributed by atoms with Crippen molar-refractivity contribution < 1.29 is 13.5 Å². The molecule has 0 spiro atoms. The van der Waals surface area contributed by atoms with Crippen molar-refractivity contribution >= 4 is 0 Å². The average molecular weight is 507 g/mol. The topological polar surface area (TPSA) is 66.6 Å². The second-order valence-electron chi connectivity index (χ2n) is 9.65. The number of aryl methyl sites for hydroxylation is 4. The van der Waals surface area contributed by atoms with Crippen LogP contribution >= 0.6 is 0 Å². The van der Waals surface area contributed by atoms with E-state index in [1.165, 1.54) is 24.3 Å². The van der Waals surface area contributed by atoms with E-state index in [4.69, 9.17) is 4.74 Å². The normalized spacial score (nSPS) is 13.0. The Labute approximate surface area is 217 Å². The van der Waals surface area contributed by atoms with Crippen LogP contribution in [-0.2, 0) is 30.4 Å². The Bertz CT molecular complexity index is 1040. The van der Waals surface area contributed by atoms with Gasteiger partial charge in [-0.1, -0.05) is 24.3 Å². The fourth-order valence-electron chi connectivity index (χ4n) is 4.68. The number of imidazole rings is 2. The van der Waals surface area contributed by atoms with E-state index < -0.39 is 0 Å². The molecule has 2 atom stereocenters. The molecule has 37 heavy (non-hydrogen) atoms. The van der Waals surface area contributed by atoms with Crippen molar-refractivity contribution in [2.45, 2.75) is 76.4 Å². The zero-order chi connectivity index (χ0) is 25.7. The lowest BCUT2D eigenvalue weighted by Crippen LogP contribution is -2.24. The van der Waals surface area contributed by atoms with Crippen molar-refractivity contribution in [2.24, 2.45) is 0 Å². The first kappa shape index (κ1) is 26.7. The van der Waals surface area contributed by atoms with Crippen molar-refractivity contribution in [1.82, 2.24) is 19.9 Å². The fraction of sp³-hybridized carbons (Fsp3) is 0.400. The van der Waals surface area contributed by atoms with Crippen molar-refractivity contribution in [2.75, 3.05) is 0 Å². The maximum absolute atomic E-state index is 13.3. The van der Waals surface area contributed by atoms with E-state index in [1.807, 2.05) is 36.7 Å². The number of hydrogen-bond donors (Lipinski definition) is 2. The van der Waals surface area contributed by atoms with Crippen molar-refractivity contribution in [3.8, 4) is 0 Å². The van der Waals surface area contributed by atoms with Gasteiger partial charge in [0.05, 0.1) is 24.9 Å². The molecular weight excluding hydrogens is 470 g/mol. The number of aromatic amines is 2. The van der Waals surface area contributed by atoms with Gasteiger partial charge in [-0.3, -0.25) is 0 Å². The van der Waals surface area contributed by atoms with E-state index in [0.29, 0.717) is 0 Å². The monoisotopic (exact) mass is 506 g/mol. The van der Waals surface area contributed by atoms with Crippen LogP contribution in [0.25, 0.3) is 0 Å². The van der Waals surface area contributed by atoms with Gasteiger partial charge in [-0.2, -0.15) is 0 Å². The van der Waals surface area contributed by atoms with Gasteiger partial charge >= 0.3 is 0 Å². The number of H-pyrrole nitrogens is 2. The van der Waals surface area contributed by atoms with Crippen LogP contribution < -0.4 is 0 Å². The number of ether oxygens (including phenoxy) is 1. The quantitative estimate of drug-likeness (QED) is 0.176. The van der Waals surface area contributed by atoms with Gasteiger partial charge in [0, 0.05) is 23.8 Å². The van der Waals surface area contributed by atoms with Crippen LogP contribution in [0.15, 0.2) is 73.6 Å². The number of hydrogen-bond acceptors (Lipinski definition) is 3. The Morgan fingerprint density at radius 3 is 1.41 bits per heavy atom. The molecule has 0 saturated heterocycles. The molecule has 2 aromatic heterocycles. The first-order valence-electron chi connectivity index (χ1n) is 13.2. The third-order valence-corrected chi connectivity index (χ3v) is 6.78. The minimum Gasteiger partial charge on any atom is -0.375 e. The van der Waals surface area contributed by atoms with Crippen LogP contribution in [0.3, 0.4) is 0 Å². The molecule has 0 aliphatic rings. The lowest BCUT2D eigenvalue weighted by molar-refractivity contribution is -0.0295. The number of nitrogens with zero attached hydrogens (tertiary/aromatic N) is 2. The third kappa shape index (κ3) is 9.57. The molecule has 0 radical (unpaired) electrons. The van der Waals surface area contributed by atoms with Crippen LogP contribution in [0.4, 0.5) is 8.78 Å². The molecule has 5 nitrogen and oxygen atoms in total. The van der Waals surface area contributed by atoms with Gasteiger partial charge in [0.25, 0.3) is 0 Å². The molecule has 0 amide bonds. The lowest BCUT2D eigenvalue weighted by Gasteiger charge is -2.25. The molecule has 196 valence electrons. The van der Waals surface area contributed by atoms with Crippen LogP contribution in [0.2, 0.25) is 0 Å². The molecular formula is C30H36F2N4O. The summed E-state index contributed by atoms with van der Waals surface area (Å²) in [6.45, 7) is 0. The van der Waals surface area contributed by atoms with Crippen molar-refractivity contribution in [1.29, 1.82) is 0 Å². The van der Waals surface area contributed by atoms with E-state index in [0.717, 1.165) is 86.7 Å². The zero-order valence-electron chi connectivity index (χ0n) is 21.2. The highest BCUT2D eigenvalue weighted by molar-refractivity contribution is 5.16. The van der Waals surface area contributed by atoms with Crippen molar-refractivity contribution in [3.63, 3.8) is 0 Å². The first-order valence-corrected chi connectivity index (χ1v) is 13.2. The summed E-state index contributed by atoms with van der Waals surface area (Å²) in [4.78, 5) is 14.7. The number of halogens is 2. The summed E-state index contributed by atoms with van der Waals surface area (Å²) in [6, 6.07) is 13.5. The average Bonchev–Trinajstić information content (AvgIpc) is 3.62. The van der Waals surface area contributed by atoms with Gasteiger partial charge in [0.2, 0.25) is 0 Å². The van der Waals surface area contributed by atoms with Gasteiger partial charge in [0.1, 0.15) is 11.6 Å². The van der Waals surface area contributed by atoms with E-state index in [-0.39, 0.29) is 23.8 Å². The number of rotatable bonds is 16. The third-order valence-electron chi connectivity index (χ3n) is 6.78. The maximum Gasteiger partial charge on any atom is 0.123 e. The Hall–Kier alpha value is -3.32. The Morgan fingerprint density at radius 1 is 0.595 bits per heavy atom. The standard InChI is InChI=1S/C30H36F2N4O/c31-25-11-7-23(8-12-25)3-1-5-29(17-15-27-19-33-21-35-27)37-30(18-16-28-20-34-22-36-28)6-2-4-24-9-13-26(32)14-10-24/h7-14,19-22,29-30H,1-6,15-18H2,(H,33,35)(H,34,36). The summed E-state index contributed by atoms with van der Waals surface area (Å²) in [6.07, 6.45) is 16.6. The summed E-state index contributed by atoms with van der Waals surface area (Å²) >= 11 is 0. The van der Waals surface area contributed by atoms with E-state index >= 15 is 0 Å². The second-order valence-corrected chi connectivity index (χ2v) is 9.65. The minimum absolute atomic E-state index is 0.112. The number of benzene rings is 2. The van der Waals surface area contributed by atoms with Crippen LogP contribution in [0.5, 0.6) is 0 Å². The van der Waals surface area contributed by atoms with E-state index in [1.54, 1.807) is 12.7 Å². The molecule has 0 fully saturated rings. The molecule has 0 saturated carbocycles. The van der Waals surface area contributed by atoms with E-state index in [2.05, 4.69) is 19.9 Å². The molecule has 2 aromatic carbocycles. The van der Waals surface area contributed by atoms with Crippen molar-refractivity contribution in [3.05, 3.63) is 108 Å². The molecule has 4 aromatic rings. The van der Waals surface area contributed by atoms with Gasteiger partial charge in [0.15, 0.2) is 0 Å². The fourth-order valence-corrected chi connectivity index (χ4v) is 4.68. The molecule has 2 heterocycles. The molecule has 4 rings (SSSR count). The summed E-state index contributed by atoms with van der Waals surface area (Å²) in [7, 11) is 0. The largest absolute Gasteiger partial charge is 0.375 e. The van der Waals surface area contributed by atoms with Crippen LogP contribution in [0.1, 0.15) is 61.0 Å². The molecule has 0 aliphatic carbocycles. The molecule has 0 bridgehead atoms. The van der Waals surface area contributed by atoms with Crippen LogP contribution in [-0.4, -0.2) is 32.1 Å². The zero-order valence-corrected chi connectivity index (χ0v) is 21.2. The highest BCUT2D eigenvalue weighted by Crippen LogP contribution is 2.21. The lowest BCUT2D eigenvalue weighted by atomic mass is 10.00. The number of nitrogens with one attached hydrogen (secondary N) is 2. The van der Waals surface area contributed by atoms with Gasteiger partial charge < -0.3 is 14.7 Å². The van der Waals surface area contributed by atoms with E-state index in [9.17, 15) is 8.78 Å². The molecule has 2 N–H and O–H groups in total. The Kier molecular flexibility index (Phi) is 10.4. The number of aromatic nitrogens is 4. The summed E-state index contributed by atoms with van der Waals surface area (Å²) in [5, 5.41) is 0. The van der Waals surface area contributed by atoms with Gasteiger partial charge in [-0.25, -0.2) is 18.7 Å². The molecule has 0 aliphatic heterocycles. The summed E-state index contributed by atoms with van der Waals surface area (Å²) in [5.74, 6) is -0.407. The molecule has 2 unspecified atom stereocenters. The second kappa shape index (κ2) is 14.4. The van der Waals surface area contributed by atoms with Gasteiger partial charge in [-0.05, 0) is 99.6 Å². The highest BCUT2D eigenvalue weighted by Gasteiger charge is 2.18. The smallest absolute Gasteiger partial charge is 0.123 e. The maximum atomic E-state index is 13.3. The first-order chi connectivity index (χ1) is 18.1. The SMILES string of the molecule is Fc1ccc(CCCC(CCc2cnc[nH]2)OC(CCCc2ccc(F)cc2)CCc2cnc[nH]2)cc1. The summed E-state index contributed by atoms with van der Waals surface area (Å²) in [5.41, 5.74) is 4.50.